The van der Waals surface area contributed by atoms with Crippen molar-refractivity contribution in [2.45, 2.75) is 36.6 Å². The highest BCUT2D eigenvalue weighted by molar-refractivity contribution is 5.49. The summed E-state index contributed by atoms with van der Waals surface area (Å²) < 4.78 is 32.1. The molecule has 3 rings (SSSR count). The Hall–Kier alpha value is -1.16. The standard InChI is InChI=1S/C13H15F2NO/c1-17-11-9(6-8(14)7-10(11)15)12(2-3-12)13(16)4-5-13/h6-7H,2-5,16H2,1H3. The molecule has 2 N–H and O–H groups in total. The average Bonchev–Trinajstić information content (AvgIpc) is 3.12. The van der Waals surface area contributed by atoms with Crippen LogP contribution in [0.4, 0.5) is 8.78 Å². The Morgan fingerprint density at radius 1 is 1.18 bits per heavy atom. The molecule has 17 heavy (non-hydrogen) atoms. The zero-order valence-electron chi connectivity index (χ0n) is 9.72. The van der Waals surface area contributed by atoms with Gasteiger partial charge in [-0.3, -0.25) is 0 Å². The molecule has 0 amide bonds. The van der Waals surface area contributed by atoms with E-state index in [2.05, 4.69) is 0 Å². The highest BCUT2D eigenvalue weighted by Gasteiger charge is 2.65. The summed E-state index contributed by atoms with van der Waals surface area (Å²) in [7, 11) is 1.41. The fraction of sp³-hybridized carbons (Fsp3) is 0.538. The molecule has 2 aliphatic carbocycles. The normalized spacial score (nSPS) is 23.3. The van der Waals surface area contributed by atoms with Gasteiger partial charge in [0.25, 0.3) is 0 Å². The third-order valence-corrected chi connectivity index (χ3v) is 4.22. The minimum absolute atomic E-state index is 0.153. The molecule has 1 aromatic carbocycles. The molecule has 92 valence electrons. The van der Waals surface area contributed by atoms with Gasteiger partial charge in [-0.05, 0) is 31.7 Å². The van der Waals surface area contributed by atoms with Gasteiger partial charge in [0, 0.05) is 22.6 Å². The molecule has 0 radical (unpaired) electrons. The number of hydrogen-bond donors (Lipinski definition) is 1. The van der Waals surface area contributed by atoms with Crippen LogP contribution in [0.1, 0.15) is 31.2 Å². The first kappa shape index (κ1) is 11.0. The lowest BCUT2D eigenvalue weighted by atomic mass is 9.85. The summed E-state index contributed by atoms with van der Waals surface area (Å²) in [6.45, 7) is 0. The van der Waals surface area contributed by atoms with Crippen molar-refractivity contribution >= 4 is 0 Å². The van der Waals surface area contributed by atoms with Crippen LogP contribution in [0, 0.1) is 11.6 Å². The van der Waals surface area contributed by atoms with E-state index in [1.807, 2.05) is 0 Å². The monoisotopic (exact) mass is 239 g/mol. The summed E-state index contributed by atoms with van der Waals surface area (Å²) in [4.78, 5) is 0. The second-order valence-corrected chi connectivity index (χ2v) is 5.21. The number of methoxy groups -OCH3 is 1. The Bertz CT molecular complexity index is 479. The first-order valence-electron chi connectivity index (χ1n) is 5.85. The molecular formula is C13H15F2NO. The van der Waals surface area contributed by atoms with Crippen LogP contribution in [0.15, 0.2) is 12.1 Å². The van der Waals surface area contributed by atoms with E-state index in [-0.39, 0.29) is 16.7 Å². The topological polar surface area (TPSA) is 35.2 Å². The van der Waals surface area contributed by atoms with Crippen molar-refractivity contribution in [3.8, 4) is 5.75 Å². The van der Waals surface area contributed by atoms with E-state index in [1.54, 1.807) is 0 Å². The van der Waals surface area contributed by atoms with Crippen molar-refractivity contribution in [2.75, 3.05) is 7.11 Å². The third-order valence-electron chi connectivity index (χ3n) is 4.22. The second kappa shape index (κ2) is 3.19. The Morgan fingerprint density at radius 2 is 1.82 bits per heavy atom. The lowest BCUT2D eigenvalue weighted by molar-refractivity contribution is 0.364. The van der Waals surface area contributed by atoms with Gasteiger partial charge in [0.1, 0.15) is 5.82 Å². The Morgan fingerprint density at radius 3 is 2.29 bits per heavy atom. The van der Waals surface area contributed by atoms with Crippen LogP contribution < -0.4 is 10.5 Å². The molecule has 4 heteroatoms. The van der Waals surface area contributed by atoms with E-state index >= 15 is 0 Å². The first-order chi connectivity index (χ1) is 8.02. The molecule has 0 aromatic heterocycles. The van der Waals surface area contributed by atoms with Crippen LogP contribution in [0.2, 0.25) is 0 Å². The van der Waals surface area contributed by atoms with Crippen molar-refractivity contribution in [1.82, 2.24) is 0 Å². The van der Waals surface area contributed by atoms with Crippen LogP contribution in [0.25, 0.3) is 0 Å². The van der Waals surface area contributed by atoms with E-state index in [4.69, 9.17) is 10.5 Å². The molecule has 2 saturated carbocycles. The van der Waals surface area contributed by atoms with Gasteiger partial charge in [0.2, 0.25) is 0 Å². The lowest BCUT2D eigenvalue weighted by Crippen LogP contribution is -2.37. The first-order valence-corrected chi connectivity index (χ1v) is 5.85. The molecule has 0 spiro atoms. The third kappa shape index (κ3) is 1.40. The summed E-state index contributed by atoms with van der Waals surface area (Å²) >= 11 is 0. The number of nitrogens with two attached hydrogens (primary N) is 1. The van der Waals surface area contributed by atoms with Crippen molar-refractivity contribution in [1.29, 1.82) is 0 Å². The van der Waals surface area contributed by atoms with Crippen LogP contribution in [0.3, 0.4) is 0 Å². The molecule has 0 saturated heterocycles. The van der Waals surface area contributed by atoms with Crippen LogP contribution in [-0.2, 0) is 5.41 Å². The largest absolute Gasteiger partial charge is 0.493 e. The van der Waals surface area contributed by atoms with E-state index in [0.29, 0.717) is 5.56 Å². The van der Waals surface area contributed by atoms with E-state index in [0.717, 1.165) is 31.7 Å². The lowest BCUT2D eigenvalue weighted by Gasteiger charge is -2.25. The summed E-state index contributed by atoms with van der Waals surface area (Å²) in [5.41, 5.74) is 6.31. The molecular weight excluding hydrogens is 224 g/mol. The Balaban J connectivity index is 2.14. The molecule has 0 bridgehead atoms. The predicted molar refractivity (Wildman–Crippen MR) is 60.0 cm³/mol. The average molecular weight is 239 g/mol. The van der Waals surface area contributed by atoms with Gasteiger partial charge >= 0.3 is 0 Å². The molecule has 1 aromatic rings. The summed E-state index contributed by atoms with van der Waals surface area (Å²) in [5, 5.41) is 0. The summed E-state index contributed by atoms with van der Waals surface area (Å²) in [5.74, 6) is -1.05. The molecule has 0 heterocycles. The van der Waals surface area contributed by atoms with Gasteiger partial charge in [-0.15, -0.1) is 0 Å². The number of ether oxygens (including phenoxy) is 1. The summed E-state index contributed by atoms with van der Waals surface area (Å²) in [6, 6.07) is 2.23. The molecule has 2 aliphatic rings. The molecule has 0 unspecified atom stereocenters. The molecule has 0 atom stereocenters. The fourth-order valence-corrected chi connectivity index (χ4v) is 2.90. The number of benzene rings is 1. The smallest absolute Gasteiger partial charge is 0.168 e. The molecule has 2 nitrogen and oxygen atoms in total. The molecule has 2 fully saturated rings. The maximum atomic E-state index is 13.7. The Kier molecular flexibility index (Phi) is 2.06. The highest BCUT2D eigenvalue weighted by atomic mass is 19.1. The Labute approximate surface area is 98.8 Å². The predicted octanol–water partition coefficient (Wildman–Crippen LogP) is 2.50. The van der Waals surface area contributed by atoms with Gasteiger partial charge in [-0.1, -0.05) is 0 Å². The zero-order valence-corrected chi connectivity index (χ0v) is 9.72. The van der Waals surface area contributed by atoms with Gasteiger partial charge < -0.3 is 10.5 Å². The van der Waals surface area contributed by atoms with E-state index < -0.39 is 11.6 Å². The maximum absolute atomic E-state index is 13.7. The number of halogens is 2. The van der Waals surface area contributed by atoms with Gasteiger partial charge in [0.05, 0.1) is 7.11 Å². The zero-order chi connectivity index (χ0) is 12.3. The SMILES string of the molecule is COc1c(F)cc(F)cc1C1(C2(N)CC2)CC1. The van der Waals surface area contributed by atoms with Crippen LogP contribution in [-0.4, -0.2) is 12.6 Å². The number of rotatable bonds is 3. The van der Waals surface area contributed by atoms with Crippen molar-refractivity contribution < 1.29 is 13.5 Å². The van der Waals surface area contributed by atoms with E-state index in [9.17, 15) is 8.78 Å². The van der Waals surface area contributed by atoms with Gasteiger partial charge in [0.15, 0.2) is 11.6 Å². The second-order valence-electron chi connectivity index (χ2n) is 5.21. The number of hydrogen-bond acceptors (Lipinski definition) is 2. The fourth-order valence-electron chi connectivity index (χ4n) is 2.90. The van der Waals surface area contributed by atoms with Crippen molar-refractivity contribution in [2.24, 2.45) is 5.73 Å². The minimum atomic E-state index is -0.641. The maximum Gasteiger partial charge on any atom is 0.168 e. The van der Waals surface area contributed by atoms with Crippen molar-refractivity contribution in [3.05, 3.63) is 29.3 Å². The van der Waals surface area contributed by atoms with Crippen molar-refractivity contribution in [3.63, 3.8) is 0 Å². The van der Waals surface area contributed by atoms with Gasteiger partial charge in [-0.2, -0.15) is 0 Å². The summed E-state index contributed by atoms with van der Waals surface area (Å²) in [6.07, 6.45) is 3.63. The van der Waals surface area contributed by atoms with Crippen LogP contribution in [0.5, 0.6) is 5.75 Å². The van der Waals surface area contributed by atoms with E-state index in [1.165, 1.54) is 13.2 Å². The van der Waals surface area contributed by atoms with Gasteiger partial charge in [-0.25, -0.2) is 8.78 Å². The minimum Gasteiger partial charge on any atom is -0.493 e. The quantitative estimate of drug-likeness (QED) is 0.879. The highest BCUT2D eigenvalue weighted by Crippen LogP contribution is 2.65. The molecule has 0 aliphatic heterocycles. The van der Waals surface area contributed by atoms with Crippen LogP contribution >= 0.6 is 0 Å².